The number of carbonyl (C=O) groups is 2. The highest BCUT2D eigenvalue weighted by atomic mass is 16.5. The van der Waals surface area contributed by atoms with E-state index in [0.717, 1.165) is 22.4 Å². The molecular formula is C24H32N2O3. The lowest BCUT2D eigenvalue weighted by atomic mass is 10.1. The maximum atomic E-state index is 13.2. The molecule has 2 aromatic carbocycles. The van der Waals surface area contributed by atoms with Crippen molar-refractivity contribution in [3.8, 4) is 5.75 Å². The molecule has 0 saturated heterocycles. The molecule has 0 saturated carbocycles. The summed E-state index contributed by atoms with van der Waals surface area (Å²) in [5, 5.41) is 2.95. The third kappa shape index (κ3) is 6.63. The summed E-state index contributed by atoms with van der Waals surface area (Å²) in [6.07, 6.45) is 0.234. The highest BCUT2D eigenvalue weighted by Gasteiger charge is 2.26. The van der Waals surface area contributed by atoms with Crippen molar-refractivity contribution >= 4 is 11.8 Å². The molecule has 2 rings (SSSR count). The molecule has 0 spiro atoms. The first-order valence-electron chi connectivity index (χ1n) is 10.1. The van der Waals surface area contributed by atoms with Crippen LogP contribution in [0.4, 0.5) is 0 Å². The van der Waals surface area contributed by atoms with Crippen molar-refractivity contribution < 1.29 is 14.3 Å². The van der Waals surface area contributed by atoms with Crippen LogP contribution in [0.2, 0.25) is 0 Å². The van der Waals surface area contributed by atoms with E-state index in [1.54, 1.807) is 18.9 Å². The number of nitrogens with zero attached hydrogens (tertiary/aromatic N) is 1. The Morgan fingerprint density at radius 3 is 2.28 bits per heavy atom. The smallest absolute Gasteiger partial charge is 0.242 e. The Labute approximate surface area is 174 Å². The van der Waals surface area contributed by atoms with Gasteiger partial charge < -0.3 is 15.0 Å². The second kappa shape index (κ2) is 10.6. The van der Waals surface area contributed by atoms with Gasteiger partial charge in [-0.05, 0) is 48.6 Å². The Balaban J connectivity index is 2.20. The molecule has 0 aliphatic heterocycles. The SMILES string of the molecule is COc1ccc(CC(=O)N(Cc2ccccc2C)C(C)C(=O)NCC(C)C)cc1. The highest BCUT2D eigenvalue weighted by Crippen LogP contribution is 2.17. The van der Waals surface area contributed by atoms with Crippen molar-refractivity contribution in [2.75, 3.05) is 13.7 Å². The van der Waals surface area contributed by atoms with Gasteiger partial charge in [-0.3, -0.25) is 9.59 Å². The second-order valence-corrected chi connectivity index (χ2v) is 7.79. The van der Waals surface area contributed by atoms with E-state index >= 15 is 0 Å². The summed E-state index contributed by atoms with van der Waals surface area (Å²) in [5.41, 5.74) is 3.03. The molecule has 0 aliphatic rings. The van der Waals surface area contributed by atoms with E-state index in [4.69, 9.17) is 4.74 Å². The van der Waals surface area contributed by atoms with E-state index in [9.17, 15) is 9.59 Å². The lowest BCUT2D eigenvalue weighted by Gasteiger charge is -2.29. The molecule has 2 amide bonds. The highest BCUT2D eigenvalue weighted by molar-refractivity contribution is 5.88. The molecule has 1 unspecified atom stereocenters. The number of methoxy groups -OCH3 is 1. The fourth-order valence-corrected chi connectivity index (χ4v) is 3.03. The number of hydrogen-bond donors (Lipinski definition) is 1. The van der Waals surface area contributed by atoms with Crippen LogP contribution in [0, 0.1) is 12.8 Å². The number of ether oxygens (including phenoxy) is 1. The Kier molecular flexibility index (Phi) is 8.25. The molecule has 1 atom stereocenters. The molecule has 29 heavy (non-hydrogen) atoms. The van der Waals surface area contributed by atoms with Crippen molar-refractivity contribution in [1.29, 1.82) is 0 Å². The van der Waals surface area contributed by atoms with E-state index < -0.39 is 6.04 Å². The summed E-state index contributed by atoms with van der Waals surface area (Å²) in [6, 6.07) is 14.8. The molecule has 0 aliphatic carbocycles. The van der Waals surface area contributed by atoms with E-state index in [-0.39, 0.29) is 18.2 Å². The van der Waals surface area contributed by atoms with Gasteiger partial charge in [0.15, 0.2) is 0 Å². The first kappa shape index (κ1) is 22.5. The van der Waals surface area contributed by atoms with Crippen molar-refractivity contribution in [2.45, 2.75) is 46.7 Å². The summed E-state index contributed by atoms with van der Waals surface area (Å²) in [5.74, 6) is 0.895. The average molecular weight is 397 g/mol. The maximum Gasteiger partial charge on any atom is 0.242 e. The van der Waals surface area contributed by atoms with E-state index in [1.165, 1.54) is 0 Å². The molecule has 0 fully saturated rings. The lowest BCUT2D eigenvalue weighted by Crippen LogP contribution is -2.48. The largest absolute Gasteiger partial charge is 0.497 e. The van der Waals surface area contributed by atoms with Crippen molar-refractivity contribution in [1.82, 2.24) is 10.2 Å². The number of carbonyl (C=O) groups excluding carboxylic acids is 2. The normalized spacial score (nSPS) is 11.8. The van der Waals surface area contributed by atoms with Gasteiger partial charge in [0.1, 0.15) is 11.8 Å². The molecule has 5 nitrogen and oxygen atoms in total. The van der Waals surface area contributed by atoms with E-state index in [2.05, 4.69) is 5.32 Å². The Morgan fingerprint density at radius 1 is 1.03 bits per heavy atom. The van der Waals surface area contributed by atoms with Gasteiger partial charge in [-0.15, -0.1) is 0 Å². The molecule has 0 bridgehead atoms. The van der Waals surface area contributed by atoms with Crippen LogP contribution in [-0.4, -0.2) is 36.4 Å². The third-order valence-corrected chi connectivity index (χ3v) is 4.97. The van der Waals surface area contributed by atoms with Gasteiger partial charge in [-0.1, -0.05) is 50.2 Å². The summed E-state index contributed by atoms with van der Waals surface area (Å²) in [7, 11) is 1.61. The van der Waals surface area contributed by atoms with Gasteiger partial charge in [-0.2, -0.15) is 0 Å². The first-order chi connectivity index (χ1) is 13.8. The molecule has 0 heterocycles. The van der Waals surface area contributed by atoms with Crippen molar-refractivity contribution in [3.63, 3.8) is 0 Å². The van der Waals surface area contributed by atoms with Gasteiger partial charge in [0.05, 0.1) is 13.5 Å². The number of amides is 2. The minimum Gasteiger partial charge on any atom is -0.497 e. The van der Waals surface area contributed by atoms with Gasteiger partial charge in [0.25, 0.3) is 0 Å². The minimum absolute atomic E-state index is 0.0781. The number of benzene rings is 2. The Hall–Kier alpha value is -2.82. The summed E-state index contributed by atoms with van der Waals surface area (Å²) in [6.45, 7) is 8.90. The maximum absolute atomic E-state index is 13.2. The van der Waals surface area contributed by atoms with Crippen molar-refractivity contribution in [3.05, 3.63) is 65.2 Å². The molecule has 0 radical (unpaired) electrons. The van der Waals surface area contributed by atoms with Crippen LogP contribution in [0.1, 0.15) is 37.5 Å². The average Bonchev–Trinajstić information content (AvgIpc) is 2.71. The first-order valence-corrected chi connectivity index (χ1v) is 10.1. The lowest BCUT2D eigenvalue weighted by molar-refractivity contribution is -0.140. The van der Waals surface area contributed by atoms with Crippen LogP contribution in [0.25, 0.3) is 0 Å². The zero-order chi connectivity index (χ0) is 21.4. The molecule has 0 aromatic heterocycles. The quantitative estimate of drug-likeness (QED) is 0.703. The predicted molar refractivity (Wildman–Crippen MR) is 116 cm³/mol. The number of nitrogens with one attached hydrogen (secondary N) is 1. The van der Waals surface area contributed by atoms with Crippen LogP contribution in [0.3, 0.4) is 0 Å². The molecule has 1 N–H and O–H groups in total. The zero-order valence-corrected chi connectivity index (χ0v) is 18.1. The van der Waals surface area contributed by atoms with Gasteiger partial charge in [0.2, 0.25) is 11.8 Å². The van der Waals surface area contributed by atoms with E-state index in [1.807, 2.05) is 69.3 Å². The van der Waals surface area contributed by atoms with Crippen LogP contribution >= 0.6 is 0 Å². The summed E-state index contributed by atoms with van der Waals surface area (Å²) in [4.78, 5) is 27.5. The number of rotatable bonds is 9. The molecule has 156 valence electrons. The second-order valence-electron chi connectivity index (χ2n) is 7.79. The topological polar surface area (TPSA) is 58.6 Å². The standard InChI is InChI=1S/C24H32N2O3/c1-17(2)15-25-24(28)19(4)26(16-21-9-7-6-8-18(21)3)23(27)14-20-10-12-22(29-5)13-11-20/h6-13,17,19H,14-16H2,1-5H3,(H,25,28). The molecule has 5 heteroatoms. The molecular weight excluding hydrogens is 364 g/mol. The van der Waals surface area contributed by atoms with Crippen LogP contribution in [0.15, 0.2) is 48.5 Å². The number of hydrogen-bond acceptors (Lipinski definition) is 3. The van der Waals surface area contributed by atoms with Crippen LogP contribution in [0.5, 0.6) is 5.75 Å². The minimum atomic E-state index is -0.556. The molecule has 2 aromatic rings. The monoisotopic (exact) mass is 396 g/mol. The van der Waals surface area contributed by atoms with Crippen LogP contribution < -0.4 is 10.1 Å². The summed E-state index contributed by atoms with van der Waals surface area (Å²) >= 11 is 0. The number of aryl methyl sites for hydroxylation is 1. The zero-order valence-electron chi connectivity index (χ0n) is 18.1. The predicted octanol–water partition coefficient (Wildman–Crippen LogP) is 3.74. The van der Waals surface area contributed by atoms with Crippen LogP contribution in [-0.2, 0) is 22.6 Å². The van der Waals surface area contributed by atoms with Gasteiger partial charge >= 0.3 is 0 Å². The fourth-order valence-electron chi connectivity index (χ4n) is 3.03. The van der Waals surface area contributed by atoms with E-state index in [0.29, 0.717) is 19.0 Å². The fraction of sp³-hybridized carbons (Fsp3) is 0.417. The summed E-state index contributed by atoms with van der Waals surface area (Å²) < 4.78 is 5.18. The van der Waals surface area contributed by atoms with Gasteiger partial charge in [-0.25, -0.2) is 0 Å². The van der Waals surface area contributed by atoms with Crippen molar-refractivity contribution in [2.24, 2.45) is 5.92 Å². The Morgan fingerprint density at radius 2 is 1.69 bits per heavy atom. The third-order valence-electron chi connectivity index (χ3n) is 4.97. The Bertz CT molecular complexity index is 815. The van der Waals surface area contributed by atoms with Gasteiger partial charge in [0, 0.05) is 13.1 Å².